The predicted octanol–water partition coefficient (Wildman–Crippen LogP) is 2.62. The summed E-state index contributed by atoms with van der Waals surface area (Å²) in [5.74, 6) is 0.711. The van der Waals surface area contributed by atoms with Gasteiger partial charge in [-0.3, -0.25) is 4.72 Å². The molecule has 0 saturated heterocycles. The maximum Gasteiger partial charge on any atom is 0.261 e. The summed E-state index contributed by atoms with van der Waals surface area (Å²) in [6.07, 6.45) is 0. The van der Waals surface area contributed by atoms with Gasteiger partial charge in [-0.05, 0) is 37.3 Å². The highest BCUT2D eigenvalue weighted by atomic mass is 32.2. The number of anilines is 2. The molecule has 22 heavy (non-hydrogen) atoms. The summed E-state index contributed by atoms with van der Waals surface area (Å²) in [5, 5.41) is 0. The molecule has 0 radical (unpaired) electrons. The average molecular weight is 318 g/mol. The second-order valence-electron chi connectivity index (χ2n) is 5.37. The van der Waals surface area contributed by atoms with Gasteiger partial charge in [0.25, 0.3) is 10.0 Å². The molecule has 1 aliphatic heterocycles. The summed E-state index contributed by atoms with van der Waals surface area (Å²) in [7, 11) is -1.69. The molecular formula is C16H18N2O3S. The van der Waals surface area contributed by atoms with Gasteiger partial charge in [0.2, 0.25) is 0 Å². The molecule has 1 N–H and O–H groups in total. The van der Waals surface area contributed by atoms with Crippen LogP contribution in [0.2, 0.25) is 0 Å². The molecule has 0 spiro atoms. The molecule has 0 amide bonds. The van der Waals surface area contributed by atoms with Crippen LogP contribution in [0.3, 0.4) is 0 Å². The second kappa shape index (κ2) is 5.53. The smallest absolute Gasteiger partial charge is 0.261 e. The molecule has 6 heteroatoms. The lowest BCUT2D eigenvalue weighted by Crippen LogP contribution is -2.29. The molecule has 0 bridgehead atoms. The van der Waals surface area contributed by atoms with Crippen LogP contribution in [0.4, 0.5) is 11.4 Å². The summed E-state index contributed by atoms with van der Waals surface area (Å²) in [6, 6.07) is 12.1. The Morgan fingerprint density at radius 2 is 1.86 bits per heavy atom. The molecule has 0 aliphatic carbocycles. The van der Waals surface area contributed by atoms with Gasteiger partial charge in [0.1, 0.15) is 12.4 Å². The van der Waals surface area contributed by atoms with Crippen molar-refractivity contribution in [2.24, 2.45) is 0 Å². The van der Waals surface area contributed by atoms with E-state index in [1.165, 1.54) is 0 Å². The van der Waals surface area contributed by atoms with Crippen LogP contribution in [0.15, 0.2) is 47.4 Å². The number of fused-ring (bicyclic) bond motifs is 1. The fourth-order valence-electron chi connectivity index (χ4n) is 2.33. The Morgan fingerprint density at radius 3 is 2.59 bits per heavy atom. The number of nitrogens with one attached hydrogen (secondary N) is 1. The molecule has 0 unspecified atom stereocenters. The highest BCUT2D eigenvalue weighted by Crippen LogP contribution is 2.33. The third kappa shape index (κ3) is 2.87. The Bertz CT molecular complexity index is 786. The largest absolute Gasteiger partial charge is 0.490 e. The normalized spacial score (nSPS) is 14.2. The molecule has 2 aromatic carbocycles. The van der Waals surface area contributed by atoms with Gasteiger partial charge in [0.15, 0.2) is 0 Å². The third-order valence-corrected chi connectivity index (χ3v) is 5.02. The minimum Gasteiger partial charge on any atom is -0.490 e. The van der Waals surface area contributed by atoms with Crippen LogP contribution in [-0.2, 0) is 10.0 Å². The van der Waals surface area contributed by atoms with Crippen molar-refractivity contribution in [2.45, 2.75) is 11.8 Å². The number of nitrogens with zero attached hydrogens (tertiary/aromatic N) is 1. The van der Waals surface area contributed by atoms with Gasteiger partial charge in [0, 0.05) is 12.7 Å². The van der Waals surface area contributed by atoms with E-state index in [-0.39, 0.29) is 4.90 Å². The first-order chi connectivity index (χ1) is 10.5. The summed E-state index contributed by atoms with van der Waals surface area (Å²) >= 11 is 0. The van der Waals surface area contributed by atoms with Crippen molar-refractivity contribution < 1.29 is 13.2 Å². The molecule has 0 atom stereocenters. The van der Waals surface area contributed by atoms with Crippen LogP contribution >= 0.6 is 0 Å². The lowest BCUT2D eigenvalue weighted by Gasteiger charge is -2.28. The van der Waals surface area contributed by atoms with Crippen molar-refractivity contribution in [1.29, 1.82) is 0 Å². The van der Waals surface area contributed by atoms with E-state index >= 15 is 0 Å². The Labute approximate surface area is 130 Å². The molecule has 1 aliphatic rings. The molecule has 0 saturated carbocycles. The van der Waals surface area contributed by atoms with E-state index in [0.29, 0.717) is 18.0 Å². The zero-order valence-corrected chi connectivity index (χ0v) is 13.4. The van der Waals surface area contributed by atoms with Crippen LogP contribution in [0, 0.1) is 6.92 Å². The SMILES string of the molecule is Cc1ccc(NS(=O)(=O)c2ccc3c(c2)N(C)CCO3)cc1. The van der Waals surface area contributed by atoms with Gasteiger partial charge in [-0.2, -0.15) is 0 Å². The summed E-state index contributed by atoms with van der Waals surface area (Å²) < 4.78 is 33.1. The first-order valence-electron chi connectivity index (χ1n) is 7.03. The number of aryl methyl sites for hydroxylation is 1. The maximum atomic E-state index is 12.5. The predicted molar refractivity (Wildman–Crippen MR) is 87.2 cm³/mol. The fraction of sp³-hybridized carbons (Fsp3) is 0.250. The van der Waals surface area contributed by atoms with Crippen LogP contribution in [0.25, 0.3) is 0 Å². The van der Waals surface area contributed by atoms with Crippen molar-refractivity contribution in [3.05, 3.63) is 48.0 Å². The topological polar surface area (TPSA) is 58.6 Å². The molecule has 5 nitrogen and oxygen atoms in total. The molecule has 3 rings (SSSR count). The first-order valence-corrected chi connectivity index (χ1v) is 8.51. The molecular weight excluding hydrogens is 300 g/mol. The number of hydrogen-bond donors (Lipinski definition) is 1. The monoisotopic (exact) mass is 318 g/mol. The third-order valence-electron chi connectivity index (χ3n) is 3.64. The van der Waals surface area contributed by atoms with Gasteiger partial charge in [-0.25, -0.2) is 8.42 Å². The maximum absolute atomic E-state index is 12.5. The van der Waals surface area contributed by atoms with E-state index in [4.69, 9.17) is 4.74 Å². The zero-order chi connectivity index (χ0) is 15.7. The fourth-order valence-corrected chi connectivity index (χ4v) is 3.41. The molecule has 2 aromatic rings. The zero-order valence-electron chi connectivity index (χ0n) is 12.5. The summed E-state index contributed by atoms with van der Waals surface area (Å²) in [5.41, 5.74) is 2.42. The van der Waals surface area contributed by atoms with Crippen molar-refractivity contribution in [1.82, 2.24) is 0 Å². The number of rotatable bonds is 3. The van der Waals surface area contributed by atoms with Gasteiger partial charge in [-0.15, -0.1) is 0 Å². The molecule has 116 valence electrons. The Balaban J connectivity index is 1.92. The van der Waals surface area contributed by atoms with Crippen molar-refractivity contribution in [2.75, 3.05) is 29.8 Å². The summed E-state index contributed by atoms with van der Waals surface area (Å²) in [4.78, 5) is 2.22. The van der Waals surface area contributed by atoms with Gasteiger partial charge in [0.05, 0.1) is 17.1 Å². The second-order valence-corrected chi connectivity index (χ2v) is 7.05. The standard InChI is InChI=1S/C16H18N2O3S/c1-12-3-5-13(6-4-12)17-22(19,20)14-7-8-16-15(11-14)18(2)9-10-21-16/h3-8,11,17H,9-10H2,1-2H3. The van der Waals surface area contributed by atoms with Crippen LogP contribution in [0.1, 0.15) is 5.56 Å². The van der Waals surface area contributed by atoms with E-state index < -0.39 is 10.0 Å². The lowest BCUT2D eigenvalue weighted by molar-refractivity contribution is 0.311. The van der Waals surface area contributed by atoms with Gasteiger partial charge >= 0.3 is 0 Å². The lowest BCUT2D eigenvalue weighted by atomic mass is 10.2. The van der Waals surface area contributed by atoms with Crippen molar-refractivity contribution >= 4 is 21.4 Å². The van der Waals surface area contributed by atoms with E-state index in [2.05, 4.69) is 4.72 Å². The number of sulfonamides is 1. The van der Waals surface area contributed by atoms with Crippen LogP contribution in [-0.4, -0.2) is 28.6 Å². The van der Waals surface area contributed by atoms with Crippen molar-refractivity contribution in [3.63, 3.8) is 0 Å². The number of ether oxygens (including phenoxy) is 1. The Morgan fingerprint density at radius 1 is 1.14 bits per heavy atom. The van der Waals surface area contributed by atoms with E-state index in [9.17, 15) is 8.42 Å². The van der Waals surface area contributed by atoms with E-state index in [1.807, 2.05) is 31.0 Å². The average Bonchev–Trinajstić information content (AvgIpc) is 2.49. The van der Waals surface area contributed by atoms with Gasteiger partial charge < -0.3 is 9.64 Å². The Kier molecular flexibility index (Phi) is 3.70. The molecule has 1 heterocycles. The quantitative estimate of drug-likeness (QED) is 0.945. The number of benzene rings is 2. The molecule has 0 fully saturated rings. The number of likely N-dealkylation sites (N-methyl/N-ethyl adjacent to an activating group) is 1. The minimum absolute atomic E-state index is 0.226. The van der Waals surface area contributed by atoms with E-state index in [1.54, 1.807) is 30.3 Å². The van der Waals surface area contributed by atoms with Crippen molar-refractivity contribution in [3.8, 4) is 5.75 Å². The first kappa shape index (κ1) is 14.7. The highest BCUT2D eigenvalue weighted by molar-refractivity contribution is 7.92. The van der Waals surface area contributed by atoms with Gasteiger partial charge in [-0.1, -0.05) is 17.7 Å². The minimum atomic E-state index is -3.62. The Hall–Kier alpha value is -2.21. The van der Waals surface area contributed by atoms with Crippen LogP contribution in [0.5, 0.6) is 5.75 Å². The molecule has 0 aromatic heterocycles. The highest BCUT2D eigenvalue weighted by Gasteiger charge is 2.20. The van der Waals surface area contributed by atoms with Crippen LogP contribution < -0.4 is 14.4 Å². The summed E-state index contributed by atoms with van der Waals surface area (Å²) in [6.45, 7) is 3.30. The van der Waals surface area contributed by atoms with E-state index in [0.717, 1.165) is 17.8 Å². The number of hydrogen-bond acceptors (Lipinski definition) is 4.